The molecule has 0 aliphatic carbocycles. The van der Waals surface area contributed by atoms with Crippen LogP contribution < -0.4 is 9.47 Å². The molecule has 0 aliphatic rings. The molecule has 0 radical (unpaired) electrons. The van der Waals surface area contributed by atoms with Gasteiger partial charge in [-0.15, -0.1) is 0 Å². The lowest BCUT2D eigenvalue weighted by molar-refractivity contribution is 0.275. The van der Waals surface area contributed by atoms with Gasteiger partial charge < -0.3 is 18.3 Å². The minimum Gasteiger partial charge on any atom is -0.497 e. The Labute approximate surface area is 157 Å². The van der Waals surface area contributed by atoms with Gasteiger partial charge in [0.15, 0.2) is 8.32 Å². The Kier molecular flexibility index (Phi) is 6.04. The second-order valence-corrected chi connectivity index (χ2v) is 12.6. The second kappa shape index (κ2) is 7.72. The molecule has 26 heavy (non-hydrogen) atoms. The normalized spacial score (nSPS) is 12.1. The van der Waals surface area contributed by atoms with Crippen LogP contribution in [-0.4, -0.2) is 22.5 Å². The molecule has 1 aromatic carbocycles. The van der Waals surface area contributed by atoms with Crippen LogP contribution in [0.4, 0.5) is 0 Å². The van der Waals surface area contributed by atoms with E-state index in [1.54, 1.807) is 20.3 Å². The van der Waals surface area contributed by atoms with Gasteiger partial charge in [-0.1, -0.05) is 27.4 Å². The minimum atomic E-state index is -1.90. The highest BCUT2D eigenvalue weighted by Gasteiger charge is 2.37. The fraction of sp³-hybridized carbons (Fsp3) is 0.429. The molecular formula is C21H30O4Si. The van der Waals surface area contributed by atoms with E-state index >= 15 is 0 Å². The maximum atomic E-state index is 6.44. The number of hydrogen-bond donors (Lipinski definition) is 0. The van der Waals surface area contributed by atoms with Gasteiger partial charge in [-0.3, -0.25) is 0 Å². The molecule has 0 saturated heterocycles. The lowest BCUT2D eigenvalue weighted by atomic mass is 10.0. The van der Waals surface area contributed by atoms with Crippen LogP contribution >= 0.6 is 0 Å². The van der Waals surface area contributed by atoms with E-state index in [0.717, 1.165) is 22.6 Å². The van der Waals surface area contributed by atoms with Crippen molar-refractivity contribution in [1.82, 2.24) is 0 Å². The average Bonchev–Trinajstić information content (AvgIpc) is 3.06. The van der Waals surface area contributed by atoms with E-state index < -0.39 is 8.32 Å². The van der Waals surface area contributed by atoms with Crippen LogP contribution in [0.3, 0.4) is 0 Å². The molecule has 4 nitrogen and oxygen atoms in total. The van der Waals surface area contributed by atoms with Crippen molar-refractivity contribution in [2.45, 2.75) is 45.5 Å². The third kappa shape index (κ3) is 4.22. The molecule has 142 valence electrons. The van der Waals surface area contributed by atoms with E-state index in [1.165, 1.54) is 0 Å². The third-order valence-electron chi connectivity index (χ3n) is 5.08. The van der Waals surface area contributed by atoms with Crippen molar-refractivity contribution >= 4 is 14.4 Å². The molecule has 0 saturated carbocycles. The summed E-state index contributed by atoms with van der Waals surface area (Å²) >= 11 is 0. The van der Waals surface area contributed by atoms with Gasteiger partial charge in [0.1, 0.15) is 23.0 Å². The molecular weight excluding hydrogens is 344 g/mol. The predicted octanol–water partition coefficient (Wildman–Crippen LogP) is 6.13. The summed E-state index contributed by atoms with van der Waals surface area (Å²) < 4.78 is 23.4. The van der Waals surface area contributed by atoms with Crippen molar-refractivity contribution in [3.63, 3.8) is 0 Å². The molecule has 1 aromatic heterocycles. The zero-order valence-corrected chi connectivity index (χ0v) is 17.9. The highest BCUT2D eigenvalue weighted by molar-refractivity contribution is 6.74. The molecule has 0 unspecified atom stereocenters. The van der Waals surface area contributed by atoms with Crippen LogP contribution in [0.2, 0.25) is 18.1 Å². The lowest BCUT2D eigenvalue weighted by Crippen LogP contribution is -2.40. The van der Waals surface area contributed by atoms with Crippen molar-refractivity contribution < 1.29 is 18.3 Å². The quantitative estimate of drug-likeness (QED) is 0.547. The monoisotopic (exact) mass is 374 g/mol. The first-order chi connectivity index (χ1) is 12.1. The molecule has 0 bridgehead atoms. The number of ether oxygens (including phenoxy) is 2. The van der Waals surface area contributed by atoms with Gasteiger partial charge in [-0.05, 0) is 48.0 Å². The van der Waals surface area contributed by atoms with Crippen LogP contribution in [0.1, 0.15) is 32.1 Å². The zero-order chi connectivity index (χ0) is 19.5. The molecule has 0 fully saturated rings. The standard InChI is InChI=1S/C21H30O4Si/c1-9-16-10-11-18(25-16)20-15(12-17(22-5)13-19(20)23-6)14-24-26(7,8)21(2,3)4/h9-13H,1,14H2,2-8H3. The van der Waals surface area contributed by atoms with Gasteiger partial charge in [-0.2, -0.15) is 0 Å². The largest absolute Gasteiger partial charge is 0.497 e. The minimum absolute atomic E-state index is 0.136. The summed E-state index contributed by atoms with van der Waals surface area (Å²) in [4.78, 5) is 0. The summed E-state index contributed by atoms with van der Waals surface area (Å²) in [6.07, 6.45) is 1.69. The fourth-order valence-corrected chi connectivity index (χ4v) is 3.34. The van der Waals surface area contributed by atoms with Crippen molar-refractivity contribution in [3.05, 3.63) is 42.2 Å². The Balaban J connectivity index is 2.50. The Bertz CT molecular complexity index is 769. The molecule has 5 heteroatoms. The zero-order valence-electron chi connectivity index (χ0n) is 16.9. The number of hydrogen-bond acceptors (Lipinski definition) is 4. The van der Waals surface area contributed by atoms with Gasteiger partial charge in [0.05, 0.1) is 26.4 Å². The Morgan fingerprint density at radius 3 is 2.31 bits per heavy atom. The lowest BCUT2D eigenvalue weighted by Gasteiger charge is -2.36. The Morgan fingerprint density at radius 1 is 1.12 bits per heavy atom. The smallest absolute Gasteiger partial charge is 0.192 e. The molecule has 0 atom stereocenters. The summed E-state index contributed by atoms with van der Waals surface area (Å²) in [5.41, 5.74) is 1.87. The summed E-state index contributed by atoms with van der Waals surface area (Å²) in [6, 6.07) is 7.67. The van der Waals surface area contributed by atoms with Gasteiger partial charge >= 0.3 is 0 Å². The molecule has 0 spiro atoms. The van der Waals surface area contributed by atoms with E-state index in [-0.39, 0.29) is 5.04 Å². The van der Waals surface area contributed by atoms with E-state index in [2.05, 4.69) is 40.4 Å². The number of rotatable bonds is 7. The van der Waals surface area contributed by atoms with Crippen LogP contribution in [0.5, 0.6) is 11.5 Å². The van der Waals surface area contributed by atoms with Crippen molar-refractivity contribution in [1.29, 1.82) is 0 Å². The summed E-state index contributed by atoms with van der Waals surface area (Å²) in [5, 5.41) is 0.136. The SMILES string of the molecule is C=Cc1ccc(-c2c(CO[Si](C)(C)C(C)(C)C)cc(OC)cc2OC)o1. The Hall–Kier alpha value is -1.98. The summed E-state index contributed by atoms with van der Waals surface area (Å²) in [7, 11) is 1.40. The van der Waals surface area contributed by atoms with Crippen molar-refractivity contribution in [2.24, 2.45) is 0 Å². The first kappa shape index (κ1) is 20.3. The first-order valence-electron chi connectivity index (χ1n) is 8.74. The van der Waals surface area contributed by atoms with Gasteiger partial charge in [0.2, 0.25) is 0 Å². The maximum absolute atomic E-state index is 6.44. The number of furan rings is 1. The number of benzene rings is 1. The maximum Gasteiger partial charge on any atom is 0.192 e. The van der Waals surface area contributed by atoms with Crippen molar-refractivity contribution in [2.75, 3.05) is 14.2 Å². The molecule has 2 rings (SSSR count). The van der Waals surface area contributed by atoms with Gasteiger partial charge in [0, 0.05) is 6.07 Å². The highest BCUT2D eigenvalue weighted by atomic mass is 28.4. The van der Waals surface area contributed by atoms with Crippen LogP contribution in [0, 0.1) is 0 Å². The first-order valence-corrected chi connectivity index (χ1v) is 11.6. The molecule has 2 aromatic rings. The van der Waals surface area contributed by atoms with E-state index in [4.69, 9.17) is 18.3 Å². The van der Waals surface area contributed by atoms with E-state index in [0.29, 0.717) is 18.1 Å². The third-order valence-corrected chi connectivity index (χ3v) is 9.56. The Morgan fingerprint density at radius 2 is 1.81 bits per heavy atom. The summed E-state index contributed by atoms with van der Waals surface area (Å²) in [5.74, 6) is 2.88. The number of methoxy groups -OCH3 is 2. The topological polar surface area (TPSA) is 40.8 Å². The van der Waals surface area contributed by atoms with Crippen molar-refractivity contribution in [3.8, 4) is 22.8 Å². The van der Waals surface area contributed by atoms with E-state index in [1.807, 2.05) is 24.3 Å². The molecule has 0 amide bonds. The van der Waals surface area contributed by atoms with Crippen LogP contribution in [0.15, 0.2) is 35.3 Å². The van der Waals surface area contributed by atoms with Gasteiger partial charge in [-0.25, -0.2) is 0 Å². The highest BCUT2D eigenvalue weighted by Crippen LogP contribution is 2.41. The van der Waals surface area contributed by atoms with Crippen LogP contribution in [0.25, 0.3) is 17.4 Å². The van der Waals surface area contributed by atoms with E-state index in [9.17, 15) is 0 Å². The predicted molar refractivity (Wildman–Crippen MR) is 109 cm³/mol. The summed E-state index contributed by atoms with van der Waals surface area (Å²) in [6.45, 7) is 15.4. The molecule has 0 aliphatic heterocycles. The average molecular weight is 375 g/mol. The van der Waals surface area contributed by atoms with Crippen LogP contribution in [-0.2, 0) is 11.0 Å². The molecule has 0 N–H and O–H groups in total. The fourth-order valence-electron chi connectivity index (χ4n) is 2.39. The second-order valence-electron chi connectivity index (χ2n) is 7.82. The molecule has 1 heterocycles. The van der Waals surface area contributed by atoms with Gasteiger partial charge in [0.25, 0.3) is 0 Å².